The molecular weight excluding hydrogens is 344 g/mol. The number of aryl methyl sites for hydroxylation is 2. The summed E-state index contributed by atoms with van der Waals surface area (Å²) in [6, 6.07) is 7.53. The Bertz CT molecular complexity index is 1010. The topological polar surface area (TPSA) is 81.2 Å². The maximum Gasteiger partial charge on any atom is 0.419 e. The van der Waals surface area contributed by atoms with Crippen molar-refractivity contribution in [2.45, 2.75) is 38.6 Å². The van der Waals surface area contributed by atoms with Gasteiger partial charge in [0.1, 0.15) is 6.33 Å². The second kappa shape index (κ2) is 7.34. The van der Waals surface area contributed by atoms with Crippen molar-refractivity contribution in [3.8, 4) is 0 Å². The average Bonchev–Trinajstić information content (AvgIpc) is 3.01. The molecule has 1 fully saturated rings. The van der Waals surface area contributed by atoms with Gasteiger partial charge in [-0.15, -0.1) is 0 Å². The van der Waals surface area contributed by atoms with Crippen molar-refractivity contribution in [2.24, 2.45) is 0 Å². The summed E-state index contributed by atoms with van der Waals surface area (Å²) >= 11 is 0. The first-order valence-corrected chi connectivity index (χ1v) is 9.25. The van der Waals surface area contributed by atoms with Crippen LogP contribution in [0.5, 0.6) is 0 Å². The van der Waals surface area contributed by atoms with Crippen LogP contribution in [-0.2, 0) is 11.3 Å². The van der Waals surface area contributed by atoms with Gasteiger partial charge in [0, 0.05) is 43.9 Å². The number of amides is 1. The Labute approximate surface area is 156 Å². The monoisotopic (exact) mass is 366 g/mol. The molecule has 0 radical (unpaired) electrons. The molecular formula is C20H22N4O3. The van der Waals surface area contributed by atoms with Crippen molar-refractivity contribution in [3.05, 3.63) is 58.6 Å². The molecule has 2 aromatic heterocycles. The second-order valence-electron chi connectivity index (χ2n) is 7.05. The third kappa shape index (κ3) is 3.63. The number of benzene rings is 1. The number of rotatable bonds is 4. The zero-order chi connectivity index (χ0) is 18.8. The molecule has 1 aromatic carbocycles. The maximum absolute atomic E-state index is 12.7. The van der Waals surface area contributed by atoms with Gasteiger partial charge >= 0.3 is 5.76 Å². The first kappa shape index (κ1) is 17.5. The molecule has 0 unspecified atom stereocenters. The first-order valence-electron chi connectivity index (χ1n) is 9.25. The van der Waals surface area contributed by atoms with E-state index < -0.39 is 5.76 Å². The van der Waals surface area contributed by atoms with Gasteiger partial charge in [0.05, 0.1) is 5.52 Å². The highest BCUT2D eigenvalue weighted by molar-refractivity contribution is 5.77. The van der Waals surface area contributed by atoms with Gasteiger partial charge in [-0.1, -0.05) is 6.07 Å². The number of likely N-dealkylation sites (tertiary alicyclic amines) is 1. The van der Waals surface area contributed by atoms with Gasteiger partial charge in [0.25, 0.3) is 0 Å². The van der Waals surface area contributed by atoms with Crippen LogP contribution in [0.3, 0.4) is 0 Å². The molecule has 0 saturated carbocycles. The van der Waals surface area contributed by atoms with E-state index in [2.05, 4.69) is 9.97 Å². The number of piperidine rings is 1. The fourth-order valence-corrected chi connectivity index (χ4v) is 3.74. The fourth-order valence-electron chi connectivity index (χ4n) is 3.74. The third-order valence-corrected chi connectivity index (χ3v) is 5.17. The third-order valence-electron chi connectivity index (χ3n) is 5.17. The average molecular weight is 366 g/mol. The molecule has 0 aliphatic carbocycles. The molecule has 27 heavy (non-hydrogen) atoms. The van der Waals surface area contributed by atoms with Crippen LogP contribution in [0.15, 0.2) is 46.0 Å². The maximum atomic E-state index is 12.7. The minimum atomic E-state index is -0.416. The van der Waals surface area contributed by atoms with Gasteiger partial charge in [0.15, 0.2) is 5.58 Å². The van der Waals surface area contributed by atoms with Crippen LogP contribution in [-0.4, -0.2) is 38.4 Å². The van der Waals surface area contributed by atoms with E-state index in [4.69, 9.17) is 4.42 Å². The number of oxazole rings is 1. The van der Waals surface area contributed by atoms with E-state index in [0.717, 1.165) is 36.2 Å². The van der Waals surface area contributed by atoms with Gasteiger partial charge in [-0.05, 0) is 43.5 Å². The molecule has 1 aliphatic rings. The predicted octanol–water partition coefficient (Wildman–Crippen LogP) is 2.49. The lowest BCUT2D eigenvalue weighted by molar-refractivity contribution is -0.132. The van der Waals surface area contributed by atoms with Gasteiger partial charge in [-0.3, -0.25) is 9.36 Å². The van der Waals surface area contributed by atoms with Crippen LogP contribution in [0.1, 0.15) is 36.4 Å². The smallest absolute Gasteiger partial charge is 0.408 e. The lowest BCUT2D eigenvalue weighted by atomic mass is 9.94. The Morgan fingerprint density at radius 1 is 1.33 bits per heavy atom. The van der Waals surface area contributed by atoms with Gasteiger partial charge < -0.3 is 9.32 Å². The molecule has 7 heteroatoms. The van der Waals surface area contributed by atoms with Crippen LogP contribution in [0, 0.1) is 6.92 Å². The van der Waals surface area contributed by atoms with Crippen molar-refractivity contribution in [3.63, 3.8) is 0 Å². The molecule has 1 atom stereocenters. The normalized spacial score (nSPS) is 17.4. The summed E-state index contributed by atoms with van der Waals surface area (Å²) in [5.74, 6) is -0.116. The zero-order valence-corrected chi connectivity index (χ0v) is 15.3. The Morgan fingerprint density at radius 3 is 3.04 bits per heavy atom. The number of hydrogen-bond donors (Lipinski definition) is 0. The number of hydrogen-bond acceptors (Lipinski definition) is 5. The van der Waals surface area contributed by atoms with E-state index in [1.165, 1.54) is 0 Å². The van der Waals surface area contributed by atoms with Crippen LogP contribution >= 0.6 is 0 Å². The van der Waals surface area contributed by atoms with E-state index in [9.17, 15) is 9.59 Å². The number of carbonyl (C=O) groups excluding carboxylic acids is 1. The minimum absolute atomic E-state index is 0.0580. The van der Waals surface area contributed by atoms with Crippen LogP contribution < -0.4 is 5.76 Å². The van der Waals surface area contributed by atoms with Crippen LogP contribution in [0.25, 0.3) is 11.1 Å². The molecule has 140 valence electrons. The quantitative estimate of drug-likeness (QED) is 0.709. The molecule has 7 nitrogen and oxygen atoms in total. The number of nitrogens with zero attached hydrogens (tertiary/aromatic N) is 4. The number of carbonyl (C=O) groups is 1. The molecule has 1 saturated heterocycles. The number of aromatic nitrogens is 3. The van der Waals surface area contributed by atoms with E-state index in [1.54, 1.807) is 23.2 Å². The largest absolute Gasteiger partial charge is 0.419 e. The summed E-state index contributed by atoms with van der Waals surface area (Å²) in [5.41, 5.74) is 3.33. The summed E-state index contributed by atoms with van der Waals surface area (Å²) < 4.78 is 6.82. The number of fused-ring (bicyclic) bond motifs is 1. The molecule has 3 heterocycles. The SMILES string of the molecule is Cc1ccc2oc(=O)n(CCC(=O)N3CCC[C@H](c4ccncn4)C3)c2c1. The molecule has 0 bridgehead atoms. The molecule has 1 amide bonds. The van der Waals surface area contributed by atoms with Gasteiger partial charge in [-0.25, -0.2) is 14.8 Å². The Kier molecular flexibility index (Phi) is 4.75. The van der Waals surface area contributed by atoms with Crippen molar-refractivity contribution in [1.82, 2.24) is 19.4 Å². The molecule has 3 aromatic rings. The van der Waals surface area contributed by atoms with Crippen molar-refractivity contribution in [1.29, 1.82) is 0 Å². The molecule has 0 spiro atoms. The fraction of sp³-hybridized carbons (Fsp3) is 0.400. The lowest BCUT2D eigenvalue weighted by Crippen LogP contribution is -2.39. The molecule has 1 aliphatic heterocycles. The van der Waals surface area contributed by atoms with Crippen molar-refractivity contribution >= 4 is 17.0 Å². The standard InChI is InChI=1S/C20H22N4O3/c1-14-4-5-18-17(11-14)24(20(26)27-18)10-7-19(25)23-9-2-3-15(12-23)16-6-8-21-13-22-16/h4-6,8,11,13,15H,2-3,7,9-10,12H2,1H3/t15-/m0/s1. The summed E-state index contributed by atoms with van der Waals surface area (Å²) in [4.78, 5) is 35.0. The Hall–Kier alpha value is -2.96. The van der Waals surface area contributed by atoms with Crippen LogP contribution in [0.4, 0.5) is 0 Å². The van der Waals surface area contributed by atoms with Crippen LogP contribution in [0.2, 0.25) is 0 Å². The Balaban J connectivity index is 1.44. The first-order chi connectivity index (χ1) is 13.1. The summed E-state index contributed by atoms with van der Waals surface area (Å²) in [5, 5.41) is 0. The highest BCUT2D eigenvalue weighted by Gasteiger charge is 2.25. The zero-order valence-electron chi connectivity index (χ0n) is 15.3. The lowest BCUT2D eigenvalue weighted by Gasteiger charge is -2.32. The van der Waals surface area contributed by atoms with E-state index in [-0.39, 0.29) is 18.2 Å². The summed E-state index contributed by atoms with van der Waals surface area (Å²) in [6.45, 7) is 3.70. The summed E-state index contributed by atoms with van der Waals surface area (Å²) in [7, 11) is 0. The van der Waals surface area contributed by atoms with E-state index >= 15 is 0 Å². The highest BCUT2D eigenvalue weighted by Crippen LogP contribution is 2.25. The van der Waals surface area contributed by atoms with E-state index in [0.29, 0.717) is 18.7 Å². The summed E-state index contributed by atoms with van der Waals surface area (Å²) in [6.07, 6.45) is 5.54. The Morgan fingerprint density at radius 2 is 2.22 bits per heavy atom. The van der Waals surface area contributed by atoms with Crippen molar-refractivity contribution < 1.29 is 9.21 Å². The van der Waals surface area contributed by atoms with Gasteiger partial charge in [0.2, 0.25) is 5.91 Å². The van der Waals surface area contributed by atoms with Crippen molar-refractivity contribution in [2.75, 3.05) is 13.1 Å². The highest BCUT2D eigenvalue weighted by atomic mass is 16.4. The molecule has 4 rings (SSSR count). The minimum Gasteiger partial charge on any atom is -0.408 e. The second-order valence-corrected chi connectivity index (χ2v) is 7.05. The van der Waals surface area contributed by atoms with E-state index in [1.807, 2.05) is 30.0 Å². The predicted molar refractivity (Wildman–Crippen MR) is 100 cm³/mol. The van der Waals surface area contributed by atoms with Gasteiger partial charge in [-0.2, -0.15) is 0 Å². The molecule has 0 N–H and O–H groups in total.